The Balaban J connectivity index is 2.39. The third-order valence-electron chi connectivity index (χ3n) is 3.49. The smallest absolute Gasteiger partial charge is 0.344 e. The summed E-state index contributed by atoms with van der Waals surface area (Å²) in [6, 6.07) is 3.22. The molecule has 130 valence electrons. The molecule has 0 aliphatic rings. The molecule has 1 aromatic heterocycles. The zero-order valence-electron chi connectivity index (χ0n) is 13.8. The van der Waals surface area contributed by atoms with Gasteiger partial charge in [0, 0.05) is 17.5 Å². The number of halogens is 2. The normalized spacial score (nSPS) is 12.2. The number of aromatic nitrogens is 2. The average Bonchev–Trinajstić information content (AvgIpc) is 2.77. The maximum atomic E-state index is 11.0. The van der Waals surface area contributed by atoms with Gasteiger partial charge in [-0.05, 0) is 32.4 Å². The van der Waals surface area contributed by atoms with E-state index in [9.17, 15) is 4.79 Å². The molecule has 0 radical (unpaired) electrons. The lowest BCUT2D eigenvalue weighted by atomic mass is 10.2. The van der Waals surface area contributed by atoms with Gasteiger partial charge in [0.2, 0.25) is 0 Å². The zero-order chi connectivity index (χ0) is 18.0. The maximum absolute atomic E-state index is 11.0. The zero-order valence-corrected chi connectivity index (χ0v) is 16.1. The van der Waals surface area contributed by atoms with Crippen LogP contribution in [0.3, 0.4) is 0 Å². The van der Waals surface area contributed by atoms with Crippen molar-refractivity contribution in [3.8, 4) is 5.75 Å². The van der Waals surface area contributed by atoms with Crippen LogP contribution in [0.1, 0.15) is 25.1 Å². The number of hydrogen-bond donors (Lipinski definition) is 1. The highest BCUT2D eigenvalue weighted by molar-refractivity contribution is 7.99. The third kappa shape index (κ3) is 3.99. The number of rotatable bonds is 6. The van der Waals surface area contributed by atoms with Gasteiger partial charge in [0.05, 0.1) is 15.7 Å². The summed E-state index contributed by atoms with van der Waals surface area (Å²) in [7, 11) is 1.88. The predicted octanol–water partition coefficient (Wildman–Crippen LogP) is 4.60. The van der Waals surface area contributed by atoms with Gasteiger partial charge in [0.15, 0.2) is 6.10 Å². The van der Waals surface area contributed by atoms with E-state index in [2.05, 4.69) is 12.0 Å². The van der Waals surface area contributed by atoms with E-state index >= 15 is 0 Å². The fourth-order valence-corrected chi connectivity index (χ4v) is 3.90. The molecule has 0 saturated heterocycles. The molecular formula is C16H18Cl2N2O3S. The van der Waals surface area contributed by atoms with E-state index in [1.807, 2.05) is 18.7 Å². The van der Waals surface area contributed by atoms with E-state index in [1.54, 1.807) is 12.1 Å². The van der Waals surface area contributed by atoms with Crippen molar-refractivity contribution in [2.24, 2.45) is 7.05 Å². The standard InChI is InChI=1S/C16H18Cl2N2O3S/c1-5-10-8(2)19-20(4)15(10)24-14-7-13(11(17)6-12(14)18)23-9(3)16(21)22/h6-7,9H,5H2,1-4H3,(H,21,22)/t9-/m0/s1. The number of hydrogen-bond acceptors (Lipinski definition) is 4. The molecule has 1 atom stereocenters. The van der Waals surface area contributed by atoms with E-state index in [-0.39, 0.29) is 10.8 Å². The van der Waals surface area contributed by atoms with E-state index in [4.69, 9.17) is 33.0 Å². The van der Waals surface area contributed by atoms with Crippen molar-refractivity contribution in [2.45, 2.75) is 43.2 Å². The van der Waals surface area contributed by atoms with Gasteiger partial charge in [-0.2, -0.15) is 5.10 Å². The molecule has 2 aromatic rings. The third-order valence-corrected chi connectivity index (χ3v) is 5.47. The van der Waals surface area contributed by atoms with Crippen LogP contribution in [0.5, 0.6) is 5.75 Å². The fraction of sp³-hybridized carbons (Fsp3) is 0.375. The van der Waals surface area contributed by atoms with E-state index in [0.717, 1.165) is 27.6 Å². The second-order valence-electron chi connectivity index (χ2n) is 5.26. The first kappa shape index (κ1) is 19.0. The summed E-state index contributed by atoms with van der Waals surface area (Å²) >= 11 is 13.9. The fourth-order valence-electron chi connectivity index (χ4n) is 2.24. The van der Waals surface area contributed by atoms with Gasteiger partial charge in [-0.1, -0.05) is 41.9 Å². The van der Waals surface area contributed by atoms with Crippen LogP contribution in [0.2, 0.25) is 10.0 Å². The summed E-state index contributed by atoms with van der Waals surface area (Å²) in [5.74, 6) is -0.777. The summed E-state index contributed by atoms with van der Waals surface area (Å²) in [5, 5.41) is 15.2. The lowest BCUT2D eigenvalue weighted by molar-refractivity contribution is -0.144. The number of carboxylic acids is 1. The lowest BCUT2D eigenvalue weighted by Gasteiger charge is -2.14. The molecule has 0 aliphatic carbocycles. The van der Waals surface area contributed by atoms with E-state index in [0.29, 0.717) is 5.02 Å². The number of aliphatic carboxylic acids is 1. The minimum atomic E-state index is -1.06. The van der Waals surface area contributed by atoms with Gasteiger partial charge in [0.1, 0.15) is 10.8 Å². The molecule has 1 N–H and O–H groups in total. The molecule has 0 unspecified atom stereocenters. The van der Waals surface area contributed by atoms with Crippen LogP contribution in [0.4, 0.5) is 0 Å². The Morgan fingerprint density at radius 2 is 2.08 bits per heavy atom. The van der Waals surface area contributed by atoms with E-state index < -0.39 is 12.1 Å². The summed E-state index contributed by atoms with van der Waals surface area (Å²) in [4.78, 5) is 11.7. The van der Waals surface area contributed by atoms with Gasteiger partial charge >= 0.3 is 5.97 Å². The SMILES string of the molecule is CCc1c(C)nn(C)c1Sc1cc(O[C@@H](C)C(=O)O)c(Cl)cc1Cl. The highest BCUT2D eigenvalue weighted by Crippen LogP contribution is 2.41. The quantitative estimate of drug-likeness (QED) is 0.782. The topological polar surface area (TPSA) is 64.4 Å². The first-order valence-electron chi connectivity index (χ1n) is 7.33. The molecule has 1 aromatic carbocycles. The number of ether oxygens (including phenoxy) is 1. The highest BCUT2D eigenvalue weighted by atomic mass is 35.5. The number of nitrogens with zero attached hydrogens (tertiary/aromatic N) is 2. The van der Waals surface area contributed by atoms with Crippen LogP contribution in [-0.4, -0.2) is 27.0 Å². The second kappa shape index (κ2) is 7.68. The van der Waals surface area contributed by atoms with Crippen molar-refractivity contribution in [1.82, 2.24) is 9.78 Å². The van der Waals surface area contributed by atoms with Crippen LogP contribution in [-0.2, 0) is 18.3 Å². The Kier molecular flexibility index (Phi) is 6.06. The van der Waals surface area contributed by atoms with Crippen molar-refractivity contribution in [2.75, 3.05) is 0 Å². The van der Waals surface area contributed by atoms with Crippen molar-refractivity contribution in [1.29, 1.82) is 0 Å². The Morgan fingerprint density at radius 3 is 2.67 bits per heavy atom. The Morgan fingerprint density at radius 1 is 1.42 bits per heavy atom. The Bertz CT molecular complexity index is 777. The van der Waals surface area contributed by atoms with Crippen molar-refractivity contribution >= 4 is 40.9 Å². The van der Waals surface area contributed by atoms with Gasteiger partial charge in [-0.25, -0.2) is 4.79 Å². The van der Waals surface area contributed by atoms with Crippen molar-refractivity contribution < 1.29 is 14.6 Å². The van der Waals surface area contributed by atoms with Crippen molar-refractivity contribution in [3.63, 3.8) is 0 Å². The predicted molar refractivity (Wildman–Crippen MR) is 95.6 cm³/mol. The van der Waals surface area contributed by atoms with Gasteiger partial charge in [-0.3, -0.25) is 4.68 Å². The Labute approximate surface area is 154 Å². The number of carbonyl (C=O) groups is 1. The largest absolute Gasteiger partial charge is 0.479 e. The van der Waals surface area contributed by atoms with E-state index in [1.165, 1.54) is 18.7 Å². The molecule has 5 nitrogen and oxygen atoms in total. The summed E-state index contributed by atoms with van der Waals surface area (Å²) in [5.41, 5.74) is 2.12. The lowest BCUT2D eigenvalue weighted by Crippen LogP contribution is -2.23. The first-order valence-corrected chi connectivity index (χ1v) is 8.90. The van der Waals surface area contributed by atoms with Crippen LogP contribution < -0.4 is 4.74 Å². The molecule has 0 amide bonds. The minimum absolute atomic E-state index is 0.273. The molecule has 0 spiro atoms. The van der Waals surface area contributed by atoms with Crippen LogP contribution in [0.15, 0.2) is 22.1 Å². The van der Waals surface area contributed by atoms with Gasteiger partial charge in [-0.15, -0.1) is 0 Å². The second-order valence-corrected chi connectivity index (χ2v) is 7.10. The number of benzene rings is 1. The summed E-state index contributed by atoms with van der Waals surface area (Å²) < 4.78 is 7.22. The van der Waals surface area contributed by atoms with Crippen molar-refractivity contribution in [3.05, 3.63) is 33.4 Å². The molecule has 0 bridgehead atoms. The molecule has 2 rings (SSSR count). The average molecular weight is 389 g/mol. The Hall–Kier alpha value is -1.37. The number of carboxylic acid groups (broad SMARTS) is 1. The highest BCUT2D eigenvalue weighted by Gasteiger charge is 2.19. The summed E-state index contributed by atoms with van der Waals surface area (Å²) in [6.45, 7) is 5.48. The van der Waals surface area contributed by atoms with Gasteiger partial charge < -0.3 is 9.84 Å². The molecule has 0 fully saturated rings. The molecular weight excluding hydrogens is 371 g/mol. The number of aryl methyl sites for hydroxylation is 2. The minimum Gasteiger partial charge on any atom is -0.479 e. The van der Waals surface area contributed by atoms with Gasteiger partial charge in [0.25, 0.3) is 0 Å². The first-order chi connectivity index (χ1) is 11.2. The van der Waals surface area contributed by atoms with Crippen LogP contribution >= 0.6 is 35.0 Å². The molecule has 0 aliphatic heterocycles. The molecule has 1 heterocycles. The van der Waals surface area contributed by atoms with Crippen LogP contribution in [0, 0.1) is 6.92 Å². The molecule has 8 heteroatoms. The molecule has 0 saturated carbocycles. The molecule has 24 heavy (non-hydrogen) atoms. The maximum Gasteiger partial charge on any atom is 0.344 e. The monoisotopic (exact) mass is 388 g/mol. The van der Waals surface area contributed by atoms with Crippen LogP contribution in [0.25, 0.3) is 0 Å². The summed E-state index contributed by atoms with van der Waals surface area (Å²) in [6.07, 6.45) is -0.154.